The Labute approximate surface area is 149 Å². The van der Waals surface area contributed by atoms with Crippen LogP contribution in [0.4, 0.5) is 0 Å². The molecule has 1 aromatic carbocycles. The van der Waals surface area contributed by atoms with Crippen LogP contribution in [0.15, 0.2) is 18.2 Å². The van der Waals surface area contributed by atoms with Crippen molar-refractivity contribution in [1.82, 2.24) is 0 Å². The van der Waals surface area contributed by atoms with E-state index in [0.717, 1.165) is 29.7 Å². The van der Waals surface area contributed by atoms with Crippen molar-refractivity contribution in [2.24, 2.45) is 5.92 Å². The van der Waals surface area contributed by atoms with Gasteiger partial charge in [-0.3, -0.25) is 9.59 Å². The van der Waals surface area contributed by atoms with E-state index in [9.17, 15) is 14.7 Å². The minimum atomic E-state index is -0.760. The first-order chi connectivity index (χ1) is 11.7. The summed E-state index contributed by atoms with van der Waals surface area (Å²) in [6.07, 6.45) is 2.95. The number of hydrogen-bond acceptors (Lipinski definition) is 4. The maximum Gasteiger partial charge on any atom is 0.310 e. The van der Waals surface area contributed by atoms with E-state index in [-0.39, 0.29) is 24.4 Å². The van der Waals surface area contributed by atoms with Crippen LogP contribution in [0.2, 0.25) is 0 Å². The number of carboxylic acids is 1. The second-order valence-corrected chi connectivity index (χ2v) is 7.66. The lowest BCUT2D eigenvalue weighted by molar-refractivity contribution is -0.154. The van der Waals surface area contributed by atoms with Gasteiger partial charge >= 0.3 is 11.9 Å². The van der Waals surface area contributed by atoms with E-state index in [2.05, 4.69) is 0 Å². The minimum Gasteiger partial charge on any atom is -0.490 e. The summed E-state index contributed by atoms with van der Waals surface area (Å²) in [5.74, 6) is -0.568. The van der Waals surface area contributed by atoms with Crippen molar-refractivity contribution in [3.05, 3.63) is 29.3 Å². The van der Waals surface area contributed by atoms with Crippen molar-refractivity contribution in [2.75, 3.05) is 0 Å². The third-order valence-corrected chi connectivity index (χ3v) is 4.31. The molecule has 0 amide bonds. The third kappa shape index (κ3) is 5.76. The molecule has 5 nitrogen and oxygen atoms in total. The summed E-state index contributed by atoms with van der Waals surface area (Å²) in [6.45, 7) is 7.45. The van der Waals surface area contributed by atoms with Crippen molar-refractivity contribution in [3.8, 4) is 5.75 Å². The van der Waals surface area contributed by atoms with Crippen molar-refractivity contribution in [1.29, 1.82) is 0 Å². The first-order valence-corrected chi connectivity index (χ1v) is 8.91. The number of aryl methyl sites for hydroxylation is 1. The Kier molecular flexibility index (Phi) is 6.09. The molecule has 0 aromatic heterocycles. The van der Waals surface area contributed by atoms with Gasteiger partial charge in [-0.05, 0) is 63.6 Å². The lowest BCUT2D eigenvalue weighted by atomic mass is 9.92. The number of carbonyl (C=O) groups excluding carboxylic acids is 1. The van der Waals surface area contributed by atoms with Crippen LogP contribution in [-0.4, -0.2) is 28.8 Å². The number of aliphatic carboxylic acids is 1. The molecular weight excluding hydrogens is 320 g/mol. The van der Waals surface area contributed by atoms with Crippen molar-refractivity contribution in [2.45, 2.75) is 71.5 Å². The summed E-state index contributed by atoms with van der Waals surface area (Å²) >= 11 is 0. The van der Waals surface area contributed by atoms with E-state index in [1.165, 1.54) is 0 Å². The summed E-state index contributed by atoms with van der Waals surface area (Å²) in [4.78, 5) is 23.2. The molecule has 5 heteroatoms. The highest BCUT2D eigenvalue weighted by atomic mass is 16.6. The fraction of sp³-hybridized carbons (Fsp3) is 0.600. The van der Waals surface area contributed by atoms with Gasteiger partial charge in [0.05, 0.1) is 18.4 Å². The van der Waals surface area contributed by atoms with E-state index in [4.69, 9.17) is 9.47 Å². The molecule has 1 N–H and O–H groups in total. The van der Waals surface area contributed by atoms with Gasteiger partial charge in [0, 0.05) is 0 Å². The zero-order valence-corrected chi connectivity index (χ0v) is 15.5. The molecule has 25 heavy (non-hydrogen) atoms. The number of carbonyl (C=O) groups is 2. The van der Waals surface area contributed by atoms with E-state index in [1.807, 2.05) is 45.9 Å². The van der Waals surface area contributed by atoms with Crippen LogP contribution in [0.1, 0.15) is 58.1 Å². The quantitative estimate of drug-likeness (QED) is 0.792. The van der Waals surface area contributed by atoms with Gasteiger partial charge in [-0.25, -0.2) is 0 Å². The Hall–Kier alpha value is -2.04. The maximum atomic E-state index is 12.0. The van der Waals surface area contributed by atoms with Gasteiger partial charge in [0.2, 0.25) is 0 Å². The zero-order chi connectivity index (χ0) is 18.6. The summed E-state index contributed by atoms with van der Waals surface area (Å²) in [5.41, 5.74) is 1.49. The molecule has 2 rings (SSSR count). The molecule has 0 radical (unpaired) electrons. The molecule has 0 saturated heterocycles. The maximum absolute atomic E-state index is 12.0. The topological polar surface area (TPSA) is 72.8 Å². The molecule has 0 bridgehead atoms. The lowest BCUT2D eigenvalue weighted by Crippen LogP contribution is -2.28. The van der Waals surface area contributed by atoms with Crippen molar-refractivity contribution >= 4 is 11.9 Å². The molecule has 0 fully saturated rings. The minimum absolute atomic E-state index is 0.0646. The van der Waals surface area contributed by atoms with Crippen LogP contribution in [-0.2, 0) is 27.2 Å². The van der Waals surface area contributed by atoms with Gasteiger partial charge in [-0.2, -0.15) is 0 Å². The molecule has 0 aliphatic carbocycles. The number of hydrogen-bond donors (Lipinski definition) is 1. The highest BCUT2D eigenvalue weighted by Crippen LogP contribution is 2.31. The molecule has 1 aromatic rings. The smallest absolute Gasteiger partial charge is 0.310 e. The van der Waals surface area contributed by atoms with Crippen LogP contribution < -0.4 is 4.74 Å². The molecular formula is C20H28O5. The summed E-state index contributed by atoms with van der Waals surface area (Å²) in [5, 5.41) is 9.20. The number of carboxylic acid groups (broad SMARTS) is 1. The molecule has 1 heterocycles. The Bertz CT molecular complexity index is 629. The van der Waals surface area contributed by atoms with Crippen LogP contribution in [0.3, 0.4) is 0 Å². The van der Waals surface area contributed by atoms with Gasteiger partial charge in [-0.1, -0.05) is 19.1 Å². The highest BCUT2D eigenvalue weighted by Gasteiger charge is 2.26. The molecule has 0 unspecified atom stereocenters. The van der Waals surface area contributed by atoms with E-state index >= 15 is 0 Å². The van der Waals surface area contributed by atoms with Gasteiger partial charge in [0.15, 0.2) is 0 Å². The first kappa shape index (κ1) is 19.3. The van der Waals surface area contributed by atoms with Crippen LogP contribution >= 0.6 is 0 Å². The van der Waals surface area contributed by atoms with Crippen LogP contribution in [0.25, 0.3) is 0 Å². The summed E-state index contributed by atoms with van der Waals surface area (Å²) in [6, 6.07) is 5.74. The molecule has 1 aliphatic heterocycles. The predicted octanol–water partition coefficient (Wildman–Crippen LogP) is 3.77. The largest absolute Gasteiger partial charge is 0.490 e. The Morgan fingerprint density at radius 2 is 2.08 bits per heavy atom. The van der Waals surface area contributed by atoms with Crippen LogP contribution in [0, 0.1) is 5.92 Å². The average molecular weight is 348 g/mol. The van der Waals surface area contributed by atoms with Crippen molar-refractivity contribution < 1.29 is 24.2 Å². The van der Waals surface area contributed by atoms with Crippen LogP contribution in [0.5, 0.6) is 5.75 Å². The molecule has 1 aliphatic rings. The summed E-state index contributed by atoms with van der Waals surface area (Å²) < 4.78 is 11.3. The number of rotatable bonds is 6. The Morgan fingerprint density at radius 3 is 2.68 bits per heavy atom. The lowest BCUT2D eigenvalue weighted by Gasteiger charge is -2.28. The normalized spacial score (nSPS) is 18.0. The Balaban J connectivity index is 1.99. The number of fused-ring (bicyclic) bond motifs is 1. The van der Waals surface area contributed by atoms with E-state index in [0.29, 0.717) is 12.8 Å². The monoisotopic (exact) mass is 348 g/mol. The number of esters is 1. The second-order valence-electron chi connectivity index (χ2n) is 7.66. The van der Waals surface area contributed by atoms with Gasteiger partial charge in [0.25, 0.3) is 0 Å². The van der Waals surface area contributed by atoms with Crippen molar-refractivity contribution in [3.63, 3.8) is 0 Å². The average Bonchev–Trinajstić information content (AvgIpc) is 2.50. The fourth-order valence-corrected chi connectivity index (χ4v) is 3.08. The van der Waals surface area contributed by atoms with Gasteiger partial charge < -0.3 is 14.6 Å². The van der Waals surface area contributed by atoms with Gasteiger partial charge in [0.1, 0.15) is 11.4 Å². The highest BCUT2D eigenvalue weighted by molar-refractivity contribution is 5.73. The zero-order valence-electron chi connectivity index (χ0n) is 15.5. The molecule has 0 spiro atoms. The SMILES string of the molecule is CC[C@H](C[C@H]1CCc2cc(CC(=O)OC(C)(C)C)ccc2O1)C(=O)O. The standard InChI is InChI=1S/C20H28O5/c1-5-14(19(22)23)12-16-8-7-15-10-13(6-9-17(15)24-16)11-18(21)25-20(2,3)4/h6,9-10,14,16H,5,7-8,11-12H2,1-4H3,(H,22,23)/t14-,16-/m1/s1. The molecule has 138 valence electrons. The number of ether oxygens (including phenoxy) is 2. The Morgan fingerprint density at radius 1 is 1.36 bits per heavy atom. The van der Waals surface area contributed by atoms with Gasteiger partial charge in [-0.15, -0.1) is 0 Å². The van der Waals surface area contributed by atoms with E-state index < -0.39 is 11.6 Å². The summed E-state index contributed by atoms with van der Waals surface area (Å²) in [7, 11) is 0. The number of benzene rings is 1. The third-order valence-electron chi connectivity index (χ3n) is 4.31. The first-order valence-electron chi connectivity index (χ1n) is 8.91. The molecule has 0 saturated carbocycles. The molecule has 2 atom stereocenters. The second kappa shape index (κ2) is 7.89. The predicted molar refractivity (Wildman–Crippen MR) is 94.8 cm³/mol. The fourth-order valence-electron chi connectivity index (χ4n) is 3.08. The van der Waals surface area contributed by atoms with E-state index in [1.54, 1.807) is 0 Å².